The summed E-state index contributed by atoms with van der Waals surface area (Å²) < 4.78 is 0. The van der Waals surface area contributed by atoms with Crippen molar-refractivity contribution in [2.75, 3.05) is 4.90 Å². The second-order valence-corrected chi connectivity index (χ2v) is 17.7. The van der Waals surface area contributed by atoms with Crippen LogP contribution in [0.1, 0.15) is 58.4 Å². The molecular weight excluding hydrogens is 735 g/mol. The van der Waals surface area contributed by atoms with Gasteiger partial charge in [0, 0.05) is 22.5 Å². The van der Waals surface area contributed by atoms with Gasteiger partial charge in [-0.05, 0) is 150 Å². The number of anilines is 3. The molecule has 0 fully saturated rings. The molecule has 1 heteroatoms. The minimum atomic E-state index is -0.427. The Morgan fingerprint density at radius 3 is 1.31 bits per heavy atom. The van der Waals surface area contributed by atoms with E-state index in [0.29, 0.717) is 0 Å². The normalized spacial score (nSPS) is 14.2. The molecule has 0 N–H and O–H groups in total. The molecule has 0 radical (unpaired) electrons. The van der Waals surface area contributed by atoms with E-state index < -0.39 is 5.41 Å². The van der Waals surface area contributed by atoms with Crippen LogP contribution in [0.15, 0.2) is 200 Å². The summed E-state index contributed by atoms with van der Waals surface area (Å²) >= 11 is 0. The lowest BCUT2D eigenvalue weighted by atomic mass is 9.70. The molecule has 0 aromatic heterocycles. The van der Waals surface area contributed by atoms with Crippen LogP contribution in [0.3, 0.4) is 0 Å². The van der Waals surface area contributed by atoms with Crippen molar-refractivity contribution in [3.05, 3.63) is 245 Å². The zero-order valence-electron chi connectivity index (χ0n) is 35.0. The lowest BCUT2D eigenvalue weighted by molar-refractivity contribution is 0.660. The molecule has 12 rings (SSSR count). The van der Waals surface area contributed by atoms with Gasteiger partial charge >= 0.3 is 0 Å². The number of benzene rings is 9. The summed E-state index contributed by atoms with van der Waals surface area (Å²) in [5.74, 6) is 0. The van der Waals surface area contributed by atoms with Crippen LogP contribution >= 0.6 is 0 Å². The van der Waals surface area contributed by atoms with E-state index in [4.69, 9.17) is 0 Å². The van der Waals surface area contributed by atoms with Gasteiger partial charge in [-0.25, -0.2) is 0 Å². The van der Waals surface area contributed by atoms with Gasteiger partial charge in [0.2, 0.25) is 0 Å². The van der Waals surface area contributed by atoms with Gasteiger partial charge in [0.05, 0.1) is 5.41 Å². The smallest absolute Gasteiger partial charge is 0.0726 e. The zero-order valence-corrected chi connectivity index (χ0v) is 35.0. The molecule has 0 amide bonds. The van der Waals surface area contributed by atoms with Crippen LogP contribution in [0.4, 0.5) is 17.1 Å². The molecule has 3 aliphatic rings. The maximum absolute atomic E-state index is 2.54. The first-order valence-electron chi connectivity index (χ1n) is 21.6. The summed E-state index contributed by atoms with van der Waals surface area (Å²) in [6.45, 7) is 9.31. The molecule has 0 heterocycles. The predicted molar refractivity (Wildman–Crippen MR) is 255 cm³/mol. The van der Waals surface area contributed by atoms with E-state index in [1.54, 1.807) is 0 Å². The highest BCUT2D eigenvalue weighted by Crippen LogP contribution is 2.63. The third-order valence-electron chi connectivity index (χ3n) is 14.2. The highest BCUT2D eigenvalue weighted by Gasteiger charge is 2.51. The first-order valence-corrected chi connectivity index (χ1v) is 21.6. The van der Waals surface area contributed by atoms with Gasteiger partial charge in [0.25, 0.3) is 0 Å². The van der Waals surface area contributed by atoms with E-state index in [1.807, 2.05) is 0 Å². The monoisotopic (exact) mass is 779 g/mol. The Hall–Kier alpha value is -7.22. The van der Waals surface area contributed by atoms with Crippen LogP contribution < -0.4 is 4.90 Å². The van der Waals surface area contributed by atoms with Gasteiger partial charge in [0.1, 0.15) is 0 Å². The van der Waals surface area contributed by atoms with Crippen LogP contribution in [0, 0.1) is 13.8 Å². The highest BCUT2D eigenvalue weighted by molar-refractivity contribution is 5.97. The van der Waals surface area contributed by atoms with Crippen LogP contribution in [-0.4, -0.2) is 0 Å². The molecule has 9 aromatic carbocycles. The second kappa shape index (κ2) is 13.1. The fourth-order valence-corrected chi connectivity index (χ4v) is 11.3. The summed E-state index contributed by atoms with van der Waals surface area (Å²) in [7, 11) is 0. The van der Waals surface area contributed by atoms with Gasteiger partial charge in [-0.3, -0.25) is 0 Å². The summed E-state index contributed by atoms with van der Waals surface area (Å²) in [6, 6.07) is 75.2. The number of rotatable bonds is 5. The van der Waals surface area contributed by atoms with Crippen molar-refractivity contribution in [2.24, 2.45) is 0 Å². The maximum atomic E-state index is 2.54. The molecule has 9 aromatic rings. The molecule has 3 aliphatic carbocycles. The van der Waals surface area contributed by atoms with Gasteiger partial charge < -0.3 is 4.90 Å². The number of hydrogen-bond donors (Lipinski definition) is 0. The van der Waals surface area contributed by atoms with Crippen LogP contribution in [-0.2, 0) is 10.8 Å². The largest absolute Gasteiger partial charge is 0.310 e. The molecule has 0 aliphatic heterocycles. The lowest BCUT2D eigenvalue weighted by Gasteiger charge is -2.33. The minimum absolute atomic E-state index is 0.130. The van der Waals surface area contributed by atoms with Crippen molar-refractivity contribution < 1.29 is 0 Å². The number of aryl methyl sites for hydroxylation is 2. The molecular formula is C60H45N. The lowest BCUT2D eigenvalue weighted by Crippen LogP contribution is -2.26. The summed E-state index contributed by atoms with van der Waals surface area (Å²) in [5.41, 5.74) is 26.5. The Bertz CT molecular complexity index is 3180. The van der Waals surface area contributed by atoms with Gasteiger partial charge in [0.15, 0.2) is 0 Å². The first kappa shape index (κ1) is 35.7. The van der Waals surface area contributed by atoms with Crippen LogP contribution in [0.5, 0.6) is 0 Å². The predicted octanol–water partition coefficient (Wildman–Crippen LogP) is 15.8. The van der Waals surface area contributed by atoms with Crippen LogP contribution in [0.25, 0.3) is 55.6 Å². The van der Waals surface area contributed by atoms with E-state index in [0.717, 1.165) is 5.69 Å². The molecule has 1 nitrogen and oxygen atoms in total. The van der Waals surface area contributed by atoms with Crippen molar-refractivity contribution in [2.45, 2.75) is 38.5 Å². The average molecular weight is 780 g/mol. The third kappa shape index (κ3) is 5.01. The highest BCUT2D eigenvalue weighted by atomic mass is 15.1. The van der Waals surface area contributed by atoms with Crippen molar-refractivity contribution in [1.82, 2.24) is 0 Å². The first-order chi connectivity index (χ1) is 29.8. The standard InChI is InChI=1S/C60H45N/c1-38-35-58(39(2)34-51(38)42-28-26-41(27-29-42)40-16-6-5-7-17-40)61(43-30-32-49-45-18-8-12-22-52(45)59(3,4)56(49)36-43)44-31-33-50-48-21-11-15-25-55(48)60(57(50)37-44)53-23-13-9-19-46(53)47-20-10-14-24-54(47)60/h5-37H,1-4H3. The van der Waals surface area contributed by atoms with E-state index in [9.17, 15) is 0 Å². The fourth-order valence-electron chi connectivity index (χ4n) is 11.3. The van der Waals surface area contributed by atoms with Gasteiger partial charge in [-0.2, -0.15) is 0 Å². The van der Waals surface area contributed by atoms with Crippen molar-refractivity contribution in [3.63, 3.8) is 0 Å². The topological polar surface area (TPSA) is 3.24 Å². The Labute approximate surface area is 359 Å². The van der Waals surface area contributed by atoms with Gasteiger partial charge in [-0.1, -0.05) is 178 Å². The van der Waals surface area contributed by atoms with Crippen LogP contribution in [0.2, 0.25) is 0 Å². The van der Waals surface area contributed by atoms with Crippen molar-refractivity contribution in [3.8, 4) is 55.6 Å². The summed E-state index contributed by atoms with van der Waals surface area (Å²) in [4.78, 5) is 2.54. The third-order valence-corrected chi connectivity index (χ3v) is 14.2. The van der Waals surface area contributed by atoms with E-state index in [1.165, 1.54) is 112 Å². The zero-order chi connectivity index (χ0) is 41.0. The van der Waals surface area contributed by atoms with Crippen molar-refractivity contribution >= 4 is 17.1 Å². The second-order valence-electron chi connectivity index (χ2n) is 17.7. The van der Waals surface area contributed by atoms with E-state index in [2.05, 4.69) is 233 Å². The SMILES string of the molecule is Cc1cc(N(c2ccc3c(c2)C(C)(C)c2ccccc2-3)c2ccc3c(c2)C2(c4ccccc4-c4ccccc42)c2ccccc2-3)c(C)cc1-c1ccc(-c2ccccc2)cc1. The Morgan fingerprint density at radius 2 is 0.738 bits per heavy atom. The summed E-state index contributed by atoms with van der Waals surface area (Å²) in [5, 5.41) is 0. The number of nitrogens with zero attached hydrogens (tertiary/aromatic N) is 1. The Balaban J connectivity index is 1.07. The molecule has 290 valence electrons. The van der Waals surface area contributed by atoms with E-state index >= 15 is 0 Å². The molecule has 0 bridgehead atoms. The quantitative estimate of drug-likeness (QED) is 0.168. The summed E-state index contributed by atoms with van der Waals surface area (Å²) in [6.07, 6.45) is 0. The Kier molecular flexibility index (Phi) is 7.69. The van der Waals surface area contributed by atoms with E-state index in [-0.39, 0.29) is 5.41 Å². The number of fused-ring (bicyclic) bond motifs is 13. The Morgan fingerprint density at radius 1 is 0.311 bits per heavy atom. The molecule has 0 saturated carbocycles. The molecule has 1 spiro atoms. The minimum Gasteiger partial charge on any atom is -0.310 e. The molecule has 0 saturated heterocycles. The number of hydrogen-bond acceptors (Lipinski definition) is 1. The maximum Gasteiger partial charge on any atom is 0.0726 e. The molecule has 0 atom stereocenters. The van der Waals surface area contributed by atoms with Gasteiger partial charge in [-0.15, -0.1) is 0 Å². The average Bonchev–Trinajstić information content (AvgIpc) is 3.86. The molecule has 0 unspecified atom stereocenters. The fraction of sp³-hybridized carbons (Fsp3) is 0.100. The molecule has 61 heavy (non-hydrogen) atoms. The van der Waals surface area contributed by atoms with Crippen molar-refractivity contribution in [1.29, 1.82) is 0 Å².